The number of piperidine rings is 1. The lowest BCUT2D eigenvalue weighted by Crippen LogP contribution is -2.51. The molecule has 3 aromatic rings. The number of amides is 2. The molecule has 0 bridgehead atoms. The second kappa shape index (κ2) is 14.1. The monoisotopic (exact) mass is 651 g/mol. The third-order valence-electron chi connectivity index (χ3n) is 9.41. The van der Waals surface area contributed by atoms with Crippen LogP contribution in [0.4, 0.5) is 8.78 Å². The van der Waals surface area contributed by atoms with Crippen molar-refractivity contribution < 1.29 is 23.1 Å². The van der Waals surface area contributed by atoms with Gasteiger partial charge in [-0.2, -0.15) is 0 Å². The Morgan fingerprint density at radius 1 is 1.09 bits per heavy atom. The summed E-state index contributed by atoms with van der Waals surface area (Å²) in [5, 5.41) is 13.4. The van der Waals surface area contributed by atoms with E-state index < -0.39 is 17.9 Å². The molecule has 3 unspecified atom stereocenters. The lowest BCUT2D eigenvalue weighted by molar-refractivity contribution is -0.128. The van der Waals surface area contributed by atoms with E-state index in [9.17, 15) is 14.0 Å². The van der Waals surface area contributed by atoms with E-state index in [0.717, 1.165) is 34.8 Å². The summed E-state index contributed by atoms with van der Waals surface area (Å²) in [4.78, 5) is 29.9. The number of ether oxygens (including phenoxy) is 1. The number of hydrogen-bond acceptors (Lipinski definition) is 7. The van der Waals surface area contributed by atoms with Crippen LogP contribution in [0.15, 0.2) is 36.4 Å². The minimum Gasteiger partial charge on any atom is -0.457 e. The number of nitrogens with zero attached hydrogens (tertiary/aromatic N) is 4. The Hall–Kier alpha value is -3.44. The van der Waals surface area contributed by atoms with E-state index in [0.29, 0.717) is 68.3 Å². The average molecular weight is 652 g/mol. The number of likely N-dealkylation sites (tertiary alicyclic amines) is 2. The van der Waals surface area contributed by atoms with Crippen molar-refractivity contribution in [2.24, 2.45) is 5.92 Å². The van der Waals surface area contributed by atoms with Crippen LogP contribution in [0.5, 0.6) is 11.5 Å². The molecule has 3 aliphatic rings. The number of hydrogen-bond donors (Lipinski definition) is 1. The van der Waals surface area contributed by atoms with E-state index in [4.69, 9.17) is 4.74 Å². The Kier molecular flexibility index (Phi) is 9.98. The fourth-order valence-electron chi connectivity index (χ4n) is 6.81. The molecule has 1 aromatic heterocycles. The molecule has 1 aliphatic carbocycles. The highest BCUT2D eigenvalue weighted by Crippen LogP contribution is 2.34. The van der Waals surface area contributed by atoms with Gasteiger partial charge in [0.2, 0.25) is 5.91 Å². The van der Waals surface area contributed by atoms with Crippen LogP contribution in [-0.4, -0.2) is 69.7 Å². The molecule has 0 spiro atoms. The molecule has 0 radical (unpaired) electrons. The molecule has 2 amide bonds. The van der Waals surface area contributed by atoms with Crippen LogP contribution < -0.4 is 10.1 Å². The second-order valence-electron chi connectivity index (χ2n) is 13.4. The summed E-state index contributed by atoms with van der Waals surface area (Å²) in [6.07, 6.45) is 4.55. The van der Waals surface area contributed by atoms with Crippen molar-refractivity contribution in [3.63, 3.8) is 0 Å². The van der Waals surface area contributed by atoms with E-state index in [-0.39, 0.29) is 36.0 Å². The van der Waals surface area contributed by atoms with Crippen molar-refractivity contribution in [3.05, 3.63) is 58.3 Å². The number of carbonyl (C=O) groups excluding carboxylic acids is 2. The Morgan fingerprint density at radius 3 is 2.48 bits per heavy atom. The van der Waals surface area contributed by atoms with Crippen LogP contribution in [0.25, 0.3) is 10.6 Å². The molecular formula is C35H43F2N5O3S. The maximum atomic E-state index is 15.6. The Bertz CT molecular complexity index is 1540. The van der Waals surface area contributed by atoms with Gasteiger partial charge in [-0.1, -0.05) is 44.9 Å². The third-order valence-corrected chi connectivity index (χ3v) is 10.7. The van der Waals surface area contributed by atoms with Gasteiger partial charge in [-0.15, -0.1) is 10.2 Å². The smallest absolute Gasteiger partial charge is 0.254 e. The first-order valence-corrected chi connectivity index (χ1v) is 17.4. The molecule has 246 valence electrons. The maximum absolute atomic E-state index is 15.6. The zero-order chi connectivity index (χ0) is 32.4. The predicted molar refractivity (Wildman–Crippen MR) is 174 cm³/mol. The number of nitrogens with one attached hydrogen (secondary N) is 1. The number of aromatic nitrogens is 2. The largest absolute Gasteiger partial charge is 0.457 e. The highest BCUT2D eigenvalue weighted by Gasteiger charge is 2.33. The van der Waals surface area contributed by atoms with Crippen LogP contribution in [-0.2, 0) is 11.3 Å². The number of benzene rings is 2. The van der Waals surface area contributed by atoms with Crippen LogP contribution in [0, 0.1) is 11.7 Å². The topological polar surface area (TPSA) is 87.7 Å². The summed E-state index contributed by atoms with van der Waals surface area (Å²) in [7, 11) is 0. The van der Waals surface area contributed by atoms with Gasteiger partial charge in [-0.3, -0.25) is 14.5 Å². The first-order chi connectivity index (χ1) is 22.1. The van der Waals surface area contributed by atoms with Crippen LogP contribution in [0.2, 0.25) is 0 Å². The lowest BCUT2D eigenvalue weighted by atomic mass is 9.90. The molecule has 2 aliphatic heterocycles. The van der Waals surface area contributed by atoms with Gasteiger partial charge in [-0.05, 0) is 68.0 Å². The summed E-state index contributed by atoms with van der Waals surface area (Å²) in [5.74, 6) is 0.197. The summed E-state index contributed by atoms with van der Waals surface area (Å²) >= 11 is 1.55. The van der Waals surface area contributed by atoms with Gasteiger partial charge in [0, 0.05) is 61.7 Å². The van der Waals surface area contributed by atoms with Crippen molar-refractivity contribution >= 4 is 23.2 Å². The Labute approximate surface area is 273 Å². The van der Waals surface area contributed by atoms with Gasteiger partial charge in [0.15, 0.2) is 0 Å². The molecule has 3 heterocycles. The second-order valence-corrected chi connectivity index (χ2v) is 14.4. The molecule has 2 saturated heterocycles. The molecule has 8 nitrogen and oxygen atoms in total. The number of rotatable bonds is 9. The molecule has 11 heteroatoms. The van der Waals surface area contributed by atoms with Gasteiger partial charge in [0.1, 0.15) is 33.5 Å². The van der Waals surface area contributed by atoms with Crippen molar-refractivity contribution in [3.8, 4) is 22.1 Å². The first kappa shape index (κ1) is 32.5. The molecule has 3 fully saturated rings. The van der Waals surface area contributed by atoms with Crippen molar-refractivity contribution in [2.75, 3.05) is 19.6 Å². The van der Waals surface area contributed by atoms with E-state index in [1.165, 1.54) is 12.1 Å². The summed E-state index contributed by atoms with van der Waals surface area (Å²) in [6, 6.07) is 10.0. The van der Waals surface area contributed by atoms with Crippen LogP contribution >= 0.6 is 11.3 Å². The Morgan fingerprint density at radius 2 is 1.83 bits per heavy atom. The number of carbonyl (C=O) groups is 2. The van der Waals surface area contributed by atoms with Gasteiger partial charge in [0.25, 0.3) is 5.91 Å². The van der Waals surface area contributed by atoms with Crippen LogP contribution in [0.1, 0.15) is 92.6 Å². The normalized spacial score (nSPS) is 22.9. The molecular weight excluding hydrogens is 608 g/mol. The minimum atomic E-state index is -0.789. The molecule has 3 atom stereocenters. The third kappa shape index (κ3) is 7.41. The van der Waals surface area contributed by atoms with E-state index >= 15 is 4.39 Å². The molecule has 1 N–H and O–H groups in total. The standard InChI is InChI=1S/C35H43F2N5O3S/c1-21(2)34-39-40-35(46-34)23-8-10-26(11-9-23)45-31-18-27(29(37)17-24(31)20-42-19-22(3)16-32(42)43)33(44)38-25-12-14-41(15-13-25)30-7-5-4-6-28(30)36/h8-11,17-18,21-22,25,28,30H,4-7,12-16,19-20H2,1-3H3,(H,38,44). The number of halogens is 2. The van der Waals surface area contributed by atoms with Gasteiger partial charge >= 0.3 is 0 Å². The van der Waals surface area contributed by atoms with Gasteiger partial charge < -0.3 is 15.0 Å². The van der Waals surface area contributed by atoms with E-state index in [1.807, 2.05) is 31.2 Å². The zero-order valence-corrected chi connectivity index (χ0v) is 27.6. The molecule has 6 rings (SSSR count). The summed E-state index contributed by atoms with van der Waals surface area (Å²) in [5.41, 5.74) is 1.29. The predicted octanol–water partition coefficient (Wildman–Crippen LogP) is 7.10. The SMILES string of the molecule is CC1CC(=O)N(Cc2cc(F)c(C(=O)NC3CCN(C4CCCCC4F)CC3)cc2Oc2ccc(-c3nnc(C(C)C)s3)cc2)C1. The zero-order valence-electron chi connectivity index (χ0n) is 26.8. The van der Waals surface area contributed by atoms with Gasteiger partial charge in [-0.25, -0.2) is 8.78 Å². The average Bonchev–Trinajstić information content (AvgIpc) is 3.66. The number of alkyl halides is 1. The van der Waals surface area contributed by atoms with Gasteiger partial charge in [0.05, 0.1) is 5.56 Å². The van der Waals surface area contributed by atoms with Crippen molar-refractivity contribution in [1.29, 1.82) is 0 Å². The Balaban J connectivity index is 1.18. The quantitative estimate of drug-likeness (QED) is 0.266. The molecule has 1 saturated carbocycles. The highest BCUT2D eigenvalue weighted by molar-refractivity contribution is 7.14. The summed E-state index contributed by atoms with van der Waals surface area (Å²) < 4.78 is 36.4. The van der Waals surface area contributed by atoms with E-state index in [2.05, 4.69) is 34.3 Å². The van der Waals surface area contributed by atoms with Crippen molar-refractivity contribution in [1.82, 2.24) is 25.3 Å². The summed E-state index contributed by atoms with van der Waals surface area (Å²) in [6.45, 7) is 8.36. The van der Waals surface area contributed by atoms with Crippen LogP contribution in [0.3, 0.4) is 0 Å². The highest BCUT2D eigenvalue weighted by atomic mass is 32.1. The fourth-order valence-corrected chi connectivity index (χ4v) is 7.66. The fraction of sp³-hybridized carbons (Fsp3) is 0.543. The molecule has 2 aromatic carbocycles. The van der Waals surface area contributed by atoms with Crippen molar-refractivity contribution in [2.45, 2.75) is 96.4 Å². The first-order valence-electron chi connectivity index (χ1n) is 16.6. The minimum absolute atomic E-state index is 0.0153. The van der Waals surface area contributed by atoms with E-state index in [1.54, 1.807) is 16.2 Å². The lowest BCUT2D eigenvalue weighted by Gasteiger charge is -2.40. The maximum Gasteiger partial charge on any atom is 0.254 e. The molecule has 46 heavy (non-hydrogen) atoms.